The summed E-state index contributed by atoms with van der Waals surface area (Å²) in [5.41, 5.74) is 1.57. The largest absolute Gasteiger partial charge is 0.495 e. The number of hydrogen-bond donors (Lipinski definition) is 1. The molecule has 108 valence electrons. The molecule has 1 fully saturated rings. The Labute approximate surface area is 120 Å². The highest BCUT2D eigenvalue weighted by atomic mass is 16.7. The minimum atomic E-state index is -0.335. The van der Waals surface area contributed by atoms with Gasteiger partial charge in [-0.25, -0.2) is 0 Å². The van der Waals surface area contributed by atoms with E-state index in [0.29, 0.717) is 6.61 Å². The van der Waals surface area contributed by atoms with E-state index in [9.17, 15) is 0 Å². The van der Waals surface area contributed by atoms with Gasteiger partial charge in [0.1, 0.15) is 12.4 Å². The molecule has 1 aromatic carbocycles. The van der Waals surface area contributed by atoms with Crippen molar-refractivity contribution >= 4 is 12.6 Å². The Kier molecular flexibility index (Phi) is 3.31. The predicted octanol–water partition coefficient (Wildman–Crippen LogP) is 1.47. The number of fused-ring (bicyclic) bond motifs is 1. The number of ether oxygens (including phenoxy) is 1. The molecule has 1 aromatic rings. The topological polar surface area (TPSA) is 39.7 Å². The van der Waals surface area contributed by atoms with Crippen molar-refractivity contribution in [1.82, 2.24) is 5.32 Å². The Hall–Kier alpha value is -1.04. The lowest BCUT2D eigenvalue weighted by molar-refractivity contribution is 0.00578. The van der Waals surface area contributed by atoms with Gasteiger partial charge in [-0.3, -0.25) is 0 Å². The third-order valence-electron chi connectivity index (χ3n) is 4.51. The van der Waals surface area contributed by atoms with Crippen LogP contribution in [0.25, 0.3) is 0 Å². The fraction of sp³-hybridized carbons (Fsp3) is 0.600. The van der Waals surface area contributed by atoms with Gasteiger partial charge in [-0.15, -0.1) is 0 Å². The maximum atomic E-state index is 6.15. The molecule has 20 heavy (non-hydrogen) atoms. The molecule has 0 bridgehead atoms. The molecule has 0 unspecified atom stereocenters. The fourth-order valence-electron chi connectivity index (χ4n) is 2.54. The van der Waals surface area contributed by atoms with Crippen molar-refractivity contribution in [1.29, 1.82) is 0 Å². The van der Waals surface area contributed by atoms with Gasteiger partial charge >= 0.3 is 7.12 Å². The Morgan fingerprint density at radius 3 is 2.50 bits per heavy atom. The Bertz CT molecular complexity index is 500. The molecule has 1 N–H and O–H groups in total. The normalized spacial score (nSPS) is 23.9. The van der Waals surface area contributed by atoms with Crippen molar-refractivity contribution < 1.29 is 14.0 Å². The summed E-state index contributed by atoms with van der Waals surface area (Å²) < 4.78 is 18.1. The zero-order chi connectivity index (χ0) is 14.4. The average molecular weight is 275 g/mol. The van der Waals surface area contributed by atoms with Crippen LogP contribution in [0.1, 0.15) is 33.3 Å². The first-order valence-corrected chi connectivity index (χ1v) is 7.22. The molecule has 0 radical (unpaired) electrons. The van der Waals surface area contributed by atoms with Gasteiger partial charge in [0.2, 0.25) is 0 Å². The van der Waals surface area contributed by atoms with Crippen LogP contribution in [0.4, 0.5) is 0 Å². The summed E-state index contributed by atoms with van der Waals surface area (Å²) in [5, 5.41) is 3.37. The molecule has 0 atom stereocenters. The first-order valence-electron chi connectivity index (χ1n) is 7.22. The maximum absolute atomic E-state index is 6.15. The fourth-order valence-corrected chi connectivity index (χ4v) is 2.54. The van der Waals surface area contributed by atoms with Crippen molar-refractivity contribution in [3.63, 3.8) is 0 Å². The van der Waals surface area contributed by atoms with Crippen LogP contribution in [0.15, 0.2) is 18.2 Å². The smallest absolute Gasteiger partial charge is 0.492 e. The average Bonchev–Trinajstić information content (AvgIpc) is 2.57. The molecule has 3 rings (SSSR count). The summed E-state index contributed by atoms with van der Waals surface area (Å²) >= 11 is 0. The second-order valence-electron chi connectivity index (χ2n) is 6.44. The first-order chi connectivity index (χ1) is 9.41. The van der Waals surface area contributed by atoms with E-state index in [1.807, 2.05) is 12.1 Å². The van der Waals surface area contributed by atoms with E-state index in [1.54, 1.807) is 0 Å². The highest BCUT2D eigenvalue weighted by Gasteiger charge is 2.52. The monoisotopic (exact) mass is 275 g/mol. The van der Waals surface area contributed by atoms with E-state index in [0.717, 1.165) is 29.9 Å². The Morgan fingerprint density at radius 2 is 1.80 bits per heavy atom. The molecule has 0 aromatic heterocycles. The van der Waals surface area contributed by atoms with E-state index in [-0.39, 0.29) is 18.3 Å². The molecule has 5 heteroatoms. The third kappa shape index (κ3) is 2.24. The molecule has 0 amide bonds. The molecular weight excluding hydrogens is 253 g/mol. The highest BCUT2D eigenvalue weighted by molar-refractivity contribution is 6.62. The predicted molar refractivity (Wildman–Crippen MR) is 79.4 cm³/mol. The quantitative estimate of drug-likeness (QED) is 0.788. The lowest BCUT2D eigenvalue weighted by Crippen LogP contribution is -2.41. The van der Waals surface area contributed by atoms with Gasteiger partial charge in [0, 0.05) is 18.7 Å². The van der Waals surface area contributed by atoms with Crippen LogP contribution in [0.5, 0.6) is 5.75 Å². The second-order valence-corrected chi connectivity index (χ2v) is 6.44. The lowest BCUT2D eigenvalue weighted by atomic mass is 9.75. The maximum Gasteiger partial charge on any atom is 0.495 e. The van der Waals surface area contributed by atoms with Crippen LogP contribution in [0, 0.1) is 0 Å². The van der Waals surface area contributed by atoms with Gasteiger partial charge in [0.05, 0.1) is 11.2 Å². The third-order valence-corrected chi connectivity index (χ3v) is 4.51. The summed E-state index contributed by atoms with van der Waals surface area (Å²) in [5.74, 6) is 0.933. The molecule has 2 aliphatic rings. The van der Waals surface area contributed by atoms with E-state index < -0.39 is 0 Å². The lowest BCUT2D eigenvalue weighted by Gasteiger charge is -2.32. The SMILES string of the molecule is CC1(C)OB(c2cccc3c2CNCCO3)OC1(C)C. The van der Waals surface area contributed by atoms with Crippen molar-refractivity contribution in [3.05, 3.63) is 23.8 Å². The molecular formula is C15H22BNO3. The number of rotatable bonds is 1. The summed E-state index contributed by atoms with van der Waals surface area (Å²) in [6.45, 7) is 10.6. The number of hydrogen-bond acceptors (Lipinski definition) is 4. The van der Waals surface area contributed by atoms with Crippen LogP contribution in [0.2, 0.25) is 0 Å². The van der Waals surface area contributed by atoms with Crippen LogP contribution >= 0.6 is 0 Å². The minimum absolute atomic E-state index is 0.320. The van der Waals surface area contributed by atoms with Gasteiger partial charge < -0.3 is 19.4 Å². The second kappa shape index (κ2) is 4.76. The summed E-state index contributed by atoms with van der Waals surface area (Å²) in [4.78, 5) is 0. The summed E-state index contributed by atoms with van der Waals surface area (Å²) in [6, 6.07) is 6.08. The van der Waals surface area contributed by atoms with E-state index in [1.165, 1.54) is 0 Å². The van der Waals surface area contributed by atoms with Crippen molar-refractivity contribution in [2.24, 2.45) is 0 Å². The van der Waals surface area contributed by atoms with Crippen LogP contribution in [-0.2, 0) is 15.9 Å². The van der Waals surface area contributed by atoms with Crippen LogP contribution < -0.4 is 15.5 Å². The molecule has 2 heterocycles. The van der Waals surface area contributed by atoms with E-state index >= 15 is 0 Å². The highest BCUT2D eigenvalue weighted by Crippen LogP contribution is 2.37. The molecule has 0 aliphatic carbocycles. The first kappa shape index (κ1) is 13.9. The van der Waals surface area contributed by atoms with Gasteiger partial charge in [-0.1, -0.05) is 12.1 Å². The molecule has 2 aliphatic heterocycles. The zero-order valence-electron chi connectivity index (χ0n) is 12.7. The molecule has 0 spiro atoms. The van der Waals surface area contributed by atoms with Crippen LogP contribution in [-0.4, -0.2) is 31.5 Å². The number of benzene rings is 1. The van der Waals surface area contributed by atoms with E-state index in [4.69, 9.17) is 14.0 Å². The molecule has 1 saturated heterocycles. The van der Waals surface area contributed by atoms with Crippen molar-refractivity contribution in [2.75, 3.05) is 13.2 Å². The van der Waals surface area contributed by atoms with Gasteiger partial charge in [0.15, 0.2) is 0 Å². The summed E-state index contributed by atoms with van der Waals surface area (Å²) in [7, 11) is -0.335. The zero-order valence-corrected chi connectivity index (χ0v) is 12.7. The van der Waals surface area contributed by atoms with Crippen molar-refractivity contribution in [3.8, 4) is 5.75 Å². The van der Waals surface area contributed by atoms with Gasteiger partial charge in [-0.2, -0.15) is 0 Å². The van der Waals surface area contributed by atoms with E-state index in [2.05, 4.69) is 39.1 Å². The minimum Gasteiger partial charge on any atom is -0.492 e. The van der Waals surface area contributed by atoms with Gasteiger partial charge in [-0.05, 0) is 39.2 Å². The Morgan fingerprint density at radius 1 is 1.10 bits per heavy atom. The molecule has 0 saturated carbocycles. The Balaban J connectivity index is 1.96. The van der Waals surface area contributed by atoms with Crippen molar-refractivity contribution in [2.45, 2.75) is 45.4 Å². The van der Waals surface area contributed by atoms with Crippen LogP contribution in [0.3, 0.4) is 0 Å². The summed E-state index contributed by atoms with van der Waals surface area (Å²) in [6.07, 6.45) is 0. The number of nitrogens with one attached hydrogen (secondary N) is 1. The standard InChI is InChI=1S/C15H22BNO3/c1-14(2)15(3,4)20-16(19-14)12-6-5-7-13-11(12)10-17-8-9-18-13/h5-7,17H,8-10H2,1-4H3. The van der Waals surface area contributed by atoms with Gasteiger partial charge in [0.25, 0.3) is 0 Å². The molecule has 4 nitrogen and oxygen atoms in total.